The van der Waals surface area contributed by atoms with E-state index in [1.54, 1.807) is 6.07 Å². The van der Waals surface area contributed by atoms with Gasteiger partial charge in [-0.05, 0) is 23.3 Å². The van der Waals surface area contributed by atoms with Crippen molar-refractivity contribution in [1.82, 2.24) is 4.98 Å². The summed E-state index contributed by atoms with van der Waals surface area (Å²) in [7, 11) is 2.57. The van der Waals surface area contributed by atoms with Crippen molar-refractivity contribution in [2.45, 2.75) is 0 Å². The molecule has 0 amide bonds. The molecule has 0 aliphatic rings. The summed E-state index contributed by atoms with van der Waals surface area (Å²) in [4.78, 5) is 28.4. The van der Waals surface area contributed by atoms with Crippen LogP contribution in [-0.4, -0.2) is 31.1 Å². The normalized spacial score (nSPS) is 10.4. The highest BCUT2D eigenvalue weighted by Gasteiger charge is 2.20. The molecular formula is C19H15NO4. The van der Waals surface area contributed by atoms with E-state index in [9.17, 15) is 9.59 Å². The summed E-state index contributed by atoms with van der Waals surface area (Å²) in [5, 5.41) is 0.642. The monoisotopic (exact) mass is 321 g/mol. The summed E-state index contributed by atoms with van der Waals surface area (Å²) < 4.78 is 9.60. The van der Waals surface area contributed by atoms with E-state index in [1.807, 2.05) is 42.5 Å². The minimum Gasteiger partial charge on any atom is -0.465 e. The molecule has 3 aromatic rings. The third-order valence-corrected chi connectivity index (χ3v) is 3.72. The predicted molar refractivity (Wildman–Crippen MR) is 89.9 cm³/mol. The number of benzene rings is 2. The van der Waals surface area contributed by atoms with Crippen LogP contribution in [0.25, 0.3) is 22.0 Å². The summed E-state index contributed by atoms with van der Waals surface area (Å²) in [5.74, 6) is -1.14. The van der Waals surface area contributed by atoms with Crippen LogP contribution in [0.3, 0.4) is 0 Å². The van der Waals surface area contributed by atoms with Gasteiger partial charge in [0.25, 0.3) is 0 Å². The van der Waals surface area contributed by atoms with Crippen molar-refractivity contribution in [1.29, 1.82) is 0 Å². The molecule has 0 saturated carbocycles. The molecule has 1 heterocycles. The number of fused-ring (bicyclic) bond motifs is 1. The minimum atomic E-state index is -0.604. The Kier molecular flexibility index (Phi) is 4.24. The fraction of sp³-hybridized carbons (Fsp3) is 0.105. The summed E-state index contributed by atoms with van der Waals surface area (Å²) in [6.07, 6.45) is 0. The highest BCUT2D eigenvalue weighted by Crippen LogP contribution is 2.31. The van der Waals surface area contributed by atoms with E-state index in [-0.39, 0.29) is 11.3 Å². The largest absolute Gasteiger partial charge is 0.465 e. The number of esters is 2. The first-order valence-electron chi connectivity index (χ1n) is 7.31. The second-order valence-electron chi connectivity index (χ2n) is 5.10. The van der Waals surface area contributed by atoms with E-state index >= 15 is 0 Å². The zero-order valence-electron chi connectivity index (χ0n) is 13.3. The Morgan fingerprint density at radius 1 is 0.875 bits per heavy atom. The predicted octanol–water partition coefficient (Wildman–Crippen LogP) is 3.48. The average Bonchev–Trinajstić information content (AvgIpc) is 2.65. The minimum absolute atomic E-state index is 0.0654. The zero-order chi connectivity index (χ0) is 17.1. The first-order chi connectivity index (χ1) is 11.7. The van der Waals surface area contributed by atoms with Crippen LogP contribution < -0.4 is 0 Å². The second kappa shape index (κ2) is 6.50. The number of carbonyl (C=O) groups is 2. The third kappa shape index (κ3) is 2.72. The van der Waals surface area contributed by atoms with Gasteiger partial charge in [0.05, 0.1) is 25.3 Å². The van der Waals surface area contributed by atoms with Crippen LogP contribution in [0.15, 0.2) is 54.6 Å². The molecule has 5 nitrogen and oxygen atoms in total. The Bertz CT molecular complexity index is 919. The maximum atomic E-state index is 12.3. The maximum Gasteiger partial charge on any atom is 0.356 e. The molecule has 1 aromatic heterocycles. The van der Waals surface area contributed by atoms with Gasteiger partial charge in [-0.15, -0.1) is 0 Å². The number of ether oxygens (including phenoxy) is 2. The third-order valence-electron chi connectivity index (χ3n) is 3.72. The molecule has 3 rings (SSSR count). The molecule has 0 unspecified atom stereocenters. The van der Waals surface area contributed by atoms with Crippen LogP contribution >= 0.6 is 0 Å². The van der Waals surface area contributed by atoms with Crippen LogP contribution in [0.5, 0.6) is 0 Å². The smallest absolute Gasteiger partial charge is 0.356 e. The summed E-state index contributed by atoms with van der Waals surface area (Å²) in [6.45, 7) is 0. The van der Waals surface area contributed by atoms with E-state index in [0.29, 0.717) is 10.9 Å². The van der Waals surface area contributed by atoms with Crippen LogP contribution in [0.4, 0.5) is 0 Å². The SMILES string of the molecule is COC(=O)c1cc(C(=O)OC)c2c(-c3ccccc3)cccc2n1. The quantitative estimate of drug-likeness (QED) is 0.691. The van der Waals surface area contributed by atoms with Crippen molar-refractivity contribution in [3.63, 3.8) is 0 Å². The molecule has 0 radical (unpaired) electrons. The number of aromatic nitrogens is 1. The molecule has 24 heavy (non-hydrogen) atoms. The van der Waals surface area contributed by atoms with Crippen LogP contribution in [0, 0.1) is 0 Å². The van der Waals surface area contributed by atoms with Crippen molar-refractivity contribution < 1.29 is 19.1 Å². The number of carbonyl (C=O) groups excluding carboxylic acids is 2. The molecule has 120 valence electrons. The van der Waals surface area contributed by atoms with Crippen LogP contribution in [0.2, 0.25) is 0 Å². The molecule has 0 atom stereocenters. The Morgan fingerprint density at radius 3 is 2.25 bits per heavy atom. The molecule has 0 aliphatic carbocycles. The fourth-order valence-corrected chi connectivity index (χ4v) is 2.63. The highest BCUT2D eigenvalue weighted by molar-refractivity contribution is 6.11. The van der Waals surface area contributed by atoms with E-state index in [1.165, 1.54) is 20.3 Å². The summed E-state index contributed by atoms with van der Waals surface area (Å²) in [6, 6.07) is 16.6. The molecule has 0 aliphatic heterocycles. The molecule has 0 spiro atoms. The number of nitrogens with zero attached hydrogens (tertiary/aromatic N) is 1. The van der Waals surface area contributed by atoms with E-state index in [0.717, 1.165) is 11.1 Å². The van der Waals surface area contributed by atoms with Gasteiger partial charge in [0, 0.05) is 5.39 Å². The van der Waals surface area contributed by atoms with Gasteiger partial charge in [-0.2, -0.15) is 0 Å². The Labute approximate surface area is 138 Å². The van der Waals surface area contributed by atoms with Gasteiger partial charge in [0.15, 0.2) is 0 Å². The second-order valence-corrected chi connectivity index (χ2v) is 5.10. The number of hydrogen-bond donors (Lipinski definition) is 0. The van der Waals surface area contributed by atoms with Gasteiger partial charge < -0.3 is 9.47 Å². The van der Waals surface area contributed by atoms with Crippen molar-refractivity contribution in [2.75, 3.05) is 14.2 Å². The molecule has 0 saturated heterocycles. The van der Waals surface area contributed by atoms with Gasteiger partial charge in [0.1, 0.15) is 5.69 Å². The van der Waals surface area contributed by atoms with Gasteiger partial charge >= 0.3 is 11.9 Å². The number of hydrogen-bond acceptors (Lipinski definition) is 5. The van der Waals surface area contributed by atoms with Crippen LogP contribution in [-0.2, 0) is 9.47 Å². The van der Waals surface area contributed by atoms with E-state index in [4.69, 9.17) is 9.47 Å². The summed E-state index contributed by atoms with van der Waals surface area (Å²) >= 11 is 0. The Hall–Kier alpha value is -3.21. The van der Waals surface area contributed by atoms with Gasteiger partial charge in [0.2, 0.25) is 0 Å². The lowest BCUT2D eigenvalue weighted by Gasteiger charge is -2.12. The summed E-state index contributed by atoms with van der Waals surface area (Å²) in [5.41, 5.74) is 2.66. The van der Waals surface area contributed by atoms with E-state index in [2.05, 4.69) is 4.98 Å². The van der Waals surface area contributed by atoms with Gasteiger partial charge in [-0.1, -0.05) is 42.5 Å². The van der Waals surface area contributed by atoms with Gasteiger partial charge in [-0.25, -0.2) is 14.6 Å². The average molecular weight is 321 g/mol. The van der Waals surface area contributed by atoms with Crippen LogP contribution in [0.1, 0.15) is 20.8 Å². The molecule has 0 fully saturated rings. The molecule has 2 aromatic carbocycles. The fourth-order valence-electron chi connectivity index (χ4n) is 2.63. The molecule has 0 bridgehead atoms. The first kappa shape index (κ1) is 15.7. The van der Waals surface area contributed by atoms with Crippen molar-refractivity contribution in [2.24, 2.45) is 0 Å². The van der Waals surface area contributed by atoms with Crippen molar-refractivity contribution in [3.05, 3.63) is 65.9 Å². The lowest BCUT2D eigenvalue weighted by molar-refractivity contribution is 0.0594. The lowest BCUT2D eigenvalue weighted by atomic mass is 9.96. The van der Waals surface area contributed by atoms with Crippen molar-refractivity contribution in [3.8, 4) is 11.1 Å². The maximum absolute atomic E-state index is 12.3. The zero-order valence-corrected chi connectivity index (χ0v) is 13.3. The Balaban J connectivity index is 2.36. The number of methoxy groups -OCH3 is 2. The standard InChI is InChI=1S/C19H15NO4/c1-23-18(21)14-11-16(19(22)24-2)20-15-10-6-9-13(17(14)15)12-7-4-3-5-8-12/h3-11H,1-2H3. The highest BCUT2D eigenvalue weighted by atomic mass is 16.5. The molecule has 0 N–H and O–H groups in total. The molecule has 5 heteroatoms. The first-order valence-corrected chi connectivity index (χ1v) is 7.31. The number of pyridine rings is 1. The number of rotatable bonds is 3. The lowest BCUT2D eigenvalue weighted by Crippen LogP contribution is -2.10. The Morgan fingerprint density at radius 2 is 1.58 bits per heavy atom. The topological polar surface area (TPSA) is 65.5 Å². The van der Waals surface area contributed by atoms with Crippen molar-refractivity contribution >= 4 is 22.8 Å². The molecular weight excluding hydrogens is 306 g/mol. The van der Waals surface area contributed by atoms with Gasteiger partial charge in [-0.3, -0.25) is 0 Å². The van der Waals surface area contributed by atoms with E-state index < -0.39 is 11.9 Å².